The van der Waals surface area contributed by atoms with Gasteiger partial charge in [0.15, 0.2) is 0 Å². The van der Waals surface area contributed by atoms with Gasteiger partial charge in [-0.25, -0.2) is 4.98 Å². The molecule has 0 bridgehead atoms. The zero-order valence-corrected chi connectivity index (χ0v) is 14.7. The Hall–Kier alpha value is -2.07. The maximum absolute atomic E-state index is 6.66. The molecule has 0 saturated carbocycles. The number of hydrogen-bond acceptors (Lipinski definition) is 3. The van der Waals surface area contributed by atoms with Crippen molar-refractivity contribution in [1.29, 1.82) is 0 Å². The molecule has 0 unspecified atom stereocenters. The van der Waals surface area contributed by atoms with Crippen molar-refractivity contribution in [3.63, 3.8) is 0 Å². The van der Waals surface area contributed by atoms with Gasteiger partial charge in [-0.15, -0.1) is 0 Å². The van der Waals surface area contributed by atoms with Crippen LogP contribution in [0.4, 0.5) is 5.69 Å². The van der Waals surface area contributed by atoms with Crippen LogP contribution in [-0.4, -0.2) is 23.1 Å². The molecule has 1 aliphatic rings. The van der Waals surface area contributed by atoms with E-state index in [0.29, 0.717) is 0 Å². The first-order valence-electron chi connectivity index (χ1n) is 9.05. The lowest BCUT2D eigenvalue weighted by atomic mass is 9.93. The van der Waals surface area contributed by atoms with Gasteiger partial charge in [0.1, 0.15) is 5.65 Å². The quantitative estimate of drug-likeness (QED) is 0.722. The summed E-state index contributed by atoms with van der Waals surface area (Å²) < 4.78 is 2.37. The third-order valence-corrected chi connectivity index (χ3v) is 5.27. The van der Waals surface area contributed by atoms with Gasteiger partial charge in [0, 0.05) is 23.3 Å². The minimum absolute atomic E-state index is 0.967. The van der Waals surface area contributed by atoms with Crippen LogP contribution in [0.3, 0.4) is 0 Å². The molecular weight excluding hydrogens is 296 g/mol. The van der Waals surface area contributed by atoms with E-state index in [0.717, 1.165) is 43.7 Å². The van der Waals surface area contributed by atoms with Crippen LogP contribution in [0.2, 0.25) is 0 Å². The van der Waals surface area contributed by atoms with Crippen molar-refractivity contribution in [1.82, 2.24) is 14.9 Å². The summed E-state index contributed by atoms with van der Waals surface area (Å²) in [6.45, 7) is 4.12. The third kappa shape index (κ3) is 2.37. The Kier molecular flexibility index (Phi) is 3.93. The van der Waals surface area contributed by atoms with Gasteiger partial charge in [0.25, 0.3) is 0 Å². The van der Waals surface area contributed by atoms with Gasteiger partial charge in [-0.3, -0.25) is 0 Å². The fourth-order valence-corrected chi connectivity index (χ4v) is 4.06. The Labute approximate surface area is 143 Å². The van der Waals surface area contributed by atoms with Crippen molar-refractivity contribution < 1.29 is 0 Å². The molecule has 2 aromatic heterocycles. The normalized spacial score (nSPS) is 14.4. The number of nitrogens with zero attached hydrogens (tertiary/aromatic N) is 2. The number of hydrogen-bond donors (Lipinski definition) is 2. The van der Waals surface area contributed by atoms with E-state index >= 15 is 0 Å². The van der Waals surface area contributed by atoms with Crippen LogP contribution in [0, 0.1) is 6.92 Å². The molecule has 126 valence electrons. The minimum atomic E-state index is 0.967. The van der Waals surface area contributed by atoms with Gasteiger partial charge in [-0.1, -0.05) is 11.6 Å². The number of aromatic nitrogens is 2. The summed E-state index contributed by atoms with van der Waals surface area (Å²) in [6, 6.07) is 6.68. The van der Waals surface area contributed by atoms with Crippen LogP contribution in [0.5, 0.6) is 0 Å². The molecule has 1 aliphatic carbocycles. The number of nitrogens with one attached hydrogen (secondary N) is 1. The maximum atomic E-state index is 6.66. The zero-order chi connectivity index (χ0) is 16.7. The van der Waals surface area contributed by atoms with Crippen molar-refractivity contribution in [3.8, 4) is 0 Å². The molecule has 0 amide bonds. The topological polar surface area (TPSA) is 55.9 Å². The second-order valence-corrected chi connectivity index (χ2v) is 6.99. The molecule has 3 aromatic rings. The number of fused-ring (bicyclic) bond motifs is 4. The summed E-state index contributed by atoms with van der Waals surface area (Å²) in [5, 5.41) is 5.66. The zero-order valence-electron chi connectivity index (χ0n) is 14.7. The molecule has 4 nitrogen and oxygen atoms in total. The molecule has 4 rings (SSSR count). The van der Waals surface area contributed by atoms with Gasteiger partial charge in [-0.05, 0) is 70.3 Å². The van der Waals surface area contributed by atoms with E-state index < -0.39 is 0 Å². The number of benzene rings is 1. The molecule has 0 radical (unpaired) electrons. The summed E-state index contributed by atoms with van der Waals surface area (Å²) in [6.07, 6.45) is 5.67. The van der Waals surface area contributed by atoms with Gasteiger partial charge in [-0.2, -0.15) is 0 Å². The number of nitrogen functional groups attached to an aromatic ring is 1. The van der Waals surface area contributed by atoms with E-state index in [-0.39, 0.29) is 0 Å². The summed E-state index contributed by atoms with van der Waals surface area (Å²) in [4.78, 5) is 5.08. The van der Waals surface area contributed by atoms with E-state index in [1.807, 2.05) is 7.05 Å². The molecular formula is C20H26N4. The highest BCUT2D eigenvalue weighted by Crippen LogP contribution is 2.37. The van der Waals surface area contributed by atoms with Crippen LogP contribution < -0.4 is 11.1 Å². The predicted molar refractivity (Wildman–Crippen MR) is 102 cm³/mol. The average Bonchev–Trinajstić information content (AvgIpc) is 2.89. The number of rotatable bonds is 4. The smallest absolute Gasteiger partial charge is 0.143 e. The maximum Gasteiger partial charge on any atom is 0.143 e. The first kappa shape index (κ1) is 15.5. The largest absolute Gasteiger partial charge is 0.398 e. The first-order chi connectivity index (χ1) is 11.7. The van der Waals surface area contributed by atoms with E-state index in [1.165, 1.54) is 46.0 Å². The van der Waals surface area contributed by atoms with Crippen molar-refractivity contribution >= 4 is 27.6 Å². The summed E-state index contributed by atoms with van der Waals surface area (Å²) in [7, 11) is 2.00. The molecule has 0 fully saturated rings. The Morgan fingerprint density at radius 3 is 2.92 bits per heavy atom. The molecule has 24 heavy (non-hydrogen) atoms. The van der Waals surface area contributed by atoms with Crippen LogP contribution in [0.25, 0.3) is 21.9 Å². The summed E-state index contributed by atoms with van der Waals surface area (Å²) >= 11 is 0. The molecule has 0 atom stereocenters. The van der Waals surface area contributed by atoms with Crippen molar-refractivity contribution in [2.24, 2.45) is 0 Å². The lowest BCUT2D eigenvalue weighted by Crippen LogP contribution is -2.13. The average molecular weight is 322 g/mol. The Bertz CT molecular complexity index is 907. The van der Waals surface area contributed by atoms with E-state index in [9.17, 15) is 0 Å². The highest BCUT2D eigenvalue weighted by molar-refractivity contribution is 6.13. The summed E-state index contributed by atoms with van der Waals surface area (Å²) in [5.74, 6) is 0. The molecule has 0 aliphatic heterocycles. The highest BCUT2D eigenvalue weighted by atomic mass is 15.0. The first-order valence-corrected chi connectivity index (χ1v) is 9.05. The van der Waals surface area contributed by atoms with Crippen LogP contribution in [0.15, 0.2) is 18.2 Å². The molecule has 3 N–H and O–H groups in total. The van der Waals surface area contributed by atoms with E-state index in [1.54, 1.807) is 0 Å². The SMILES string of the molecule is CNCCCn1c2ccc(C)cc2c2c(N)c3c(nc21)CCCC3. The van der Waals surface area contributed by atoms with Gasteiger partial charge in [0.2, 0.25) is 0 Å². The highest BCUT2D eigenvalue weighted by Gasteiger charge is 2.21. The molecule has 2 heterocycles. The number of pyridine rings is 1. The van der Waals surface area contributed by atoms with Crippen molar-refractivity contribution in [3.05, 3.63) is 35.0 Å². The molecule has 4 heteroatoms. The Morgan fingerprint density at radius 1 is 1.25 bits per heavy atom. The van der Waals surface area contributed by atoms with Crippen molar-refractivity contribution in [2.75, 3.05) is 19.3 Å². The standard InChI is InChI=1S/C20H26N4/c1-13-8-9-17-15(12-13)18-19(21)14-6-3-4-7-16(14)23-20(18)24(17)11-5-10-22-2/h8-9,12,22H,3-7,10-11H2,1-2H3,(H2,21,23). The van der Waals surface area contributed by atoms with Crippen molar-refractivity contribution in [2.45, 2.75) is 45.6 Å². The number of nitrogens with two attached hydrogens (primary N) is 1. The second-order valence-electron chi connectivity index (χ2n) is 6.99. The molecule has 0 saturated heterocycles. The second kappa shape index (κ2) is 6.10. The van der Waals surface area contributed by atoms with Crippen LogP contribution in [-0.2, 0) is 19.4 Å². The van der Waals surface area contributed by atoms with Crippen LogP contribution in [0.1, 0.15) is 36.1 Å². The lowest BCUT2D eigenvalue weighted by Gasteiger charge is -2.18. The van der Waals surface area contributed by atoms with E-state index in [2.05, 4.69) is 35.0 Å². The monoisotopic (exact) mass is 322 g/mol. The summed E-state index contributed by atoms with van der Waals surface area (Å²) in [5.41, 5.74) is 13.8. The minimum Gasteiger partial charge on any atom is -0.398 e. The molecule has 0 spiro atoms. The van der Waals surface area contributed by atoms with Gasteiger partial charge < -0.3 is 15.6 Å². The number of aryl methyl sites for hydroxylation is 3. The van der Waals surface area contributed by atoms with Crippen LogP contribution >= 0.6 is 0 Å². The Morgan fingerprint density at radius 2 is 2.08 bits per heavy atom. The Balaban J connectivity index is 2.01. The fourth-order valence-electron chi connectivity index (χ4n) is 4.06. The lowest BCUT2D eigenvalue weighted by molar-refractivity contribution is 0.631. The van der Waals surface area contributed by atoms with Gasteiger partial charge in [0.05, 0.1) is 10.9 Å². The predicted octanol–water partition coefficient (Wildman–Crippen LogP) is 3.57. The molecule has 1 aromatic carbocycles. The van der Waals surface area contributed by atoms with Gasteiger partial charge >= 0.3 is 0 Å². The third-order valence-electron chi connectivity index (χ3n) is 5.27. The number of anilines is 1. The fraction of sp³-hybridized carbons (Fsp3) is 0.450. The van der Waals surface area contributed by atoms with E-state index in [4.69, 9.17) is 10.7 Å².